The first-order chi connectivity index (χ1) is 15.0. The third kappa shape index (κ3) is 5.34. The first-order valence-electron chi connectivity index (χ1n) is 9.82. The van der Waals surface area contributed by atoms with Gasteiger partial charge in [-0.25, -0.2) is 0 Å². The molecule has 0 saturated carbocycles. The predicted octanol–water partition coefficient (Wildman–Crippen LogP) is 6.09. The van der Waals surface area contributed by atoms with Gasteiger partial charge in [-0.15, -0.1) is 11.3 Å². The monoisotopic (exact) mass is 451 g/mol. The number of halogens is 1. The number of hydrogen-bond donors (Lipinski definition) is 1. The minimum absolute atomic E-state index is 0.167. The topological polar surface area (TPSA) is 56.1 Å². The second-order valence-electron chi connectivity index (χ2n) is 7.35. The molecule has 4 rings (SSSR count). The highest BCUT2D eigenvalue weighted by Gasteiger charge is 2.12. The number of rotatable bonds is 7. The van der Waals surface area contributed by atoms with E-state index in [1.807, 2.05) is 54.8 Å². The van der Waals surface area contributed by atoms with Crippen molar-refractivity contribution in [2.24, 2.45) is 0 Å². The Kier molecular flexibility index (Phi) is 6.39. The normalized spacial score (nSPS) is 10.8. The summed E-state index contributed by atoms with van der Waals surface area (Å²) in [6.07, 6.45) is 3.42. The van der Waals surface area contributed by atoms with Gasteiger partial charge < -0.3 is 10.1 Å². The van der Waals surface area contributed by atoms with Crippen LogP contribution >= 0.6 is 22.9 Å². The van der Waals surface area contributed by atoms with E-state index < -0.39 is 0 Å². The molecule has 0 radical (unpaired) electrons. The van der Waals surface area contributed by atoms with Gasteiger partial charge in [-0.3, -0.25) is 9.48 Å². The maximum Gasteiger partial charge on any atom is 0.265 e. The maximum atomic E-state index is 12.6. The molecule has 0 bridgehead atoms. The van der Waals surface area contributed by atoms with Gasteiger partial charge in [0, 0.05) is 16.8 Å². The fraction of sp³-hybridized carbons (Fsp3) is 0.167. The summed E-state index contributed by atoms with van der Waals surface area (Å²) in [6, 6.07) is 15.6. The highest BCUT2D eigenvalue weighted by Crippen LogP contribution is 2.23. The fourth-order valence-corrected chi connectivity index (χ4v) is 4.19. The first kappa shape index (κ1) is 21.2. The minimum Gasteiger partial charge on any atom is -0.489 e. The Bertz CT molecular complexity index is 1220. The molecule has 0 saturated heterocycles. The summed E-state index contributed by atoms with van der Waals surface area (Å²) in [5.74, 6) is 0.689. The zero-order chi connectivity index (χ0) is 21.8. The third-order valence-electron chi connectivity index (χ3n) is 4.78. The van der Waals surface area contributed by atoms with E-state index in [9.17, 15) is 4.79 Å². The lowest BCUT2D eigenvalue weighted by Crippen LogP contribution is -2.09. The fourth-order valence-electron chi connectivity index (χ4n) is 3.20. The van der Waals surface area contributed by atoms with Crippen LogP contribution in [0.15, 0.2) is 66.3 Å². The molecule has 0 unspecified atom stereocenters. The van der Waals surface area contributed by atoms with Crippen molar-refractivity contribution in [2.45, 2.75) is 27.0 Å². The molecule has 0 aliphatic rings. The molecule has 1 amide bonds. The number of nitrogens with one attached hydrogen (secondary N) is 1. The minimum atomic E-state index is -0.167. The number of amides is 1. The lowest BCUT2D eigenvalue weighted by Gasteiger charge is -2.08. The molecule has 0 aliphatic carbocycles. The molecular formula is C24H22ClN3O2S. The van der Waals surface area contributed by atoms with E-state index in [2.05, 4.69) is 23.4 Å². The summed E-state index contributed by atoms with van der Waals surface area (Å²) in [5, 5.41) is 9.84. The number of hydrogen-bond acceptors (Lipinski definition) is 4. The van der Waals surface area contributed by atoms with Gasteiger partial charge in [0.15, 0.2) is 0 Å². The second kappa shape index (κ2) is 9.37. The zero-order valence-electron chi connectivity index (χ0n) is 17.3. The number of aryl methyl sites for hydroxylation is 2. The van der Waals surface area contributed by atoms with Gasteiger partial charge in [0.2, 0.25) is 0 Å². The highest BCUT2D eigenvalue weighted by molar-refractivity contribution is 7.12. The van der Waals surface area contributed by atoms with Crippen LogP contribution in [0.4, 0.5) is 5.69 Å². The lowest BCUT2D eigenvalue weighted by atomic mass is 10.1. The van der Waals surface area contributed by atoms with Crippen molar-refractivity contribution in [2.75, 3.05) is 5.32 Å². The molecule has 2 heterocycles. The Balaban J connectivity index is 1.35. The van der Waals surface area contributed by atoms with E-state index in [4.69, 9.17) is 16.3 Å². The molecule has 0 atom stereocenters. The molecule has 5 nitrogen and oxygen atoms in total. The van der Waals surface area contributed by atoms with Crippen LogP contribution in [-0.4, -0.2) is 15.7 Å². The van der Waals surface area contributed by atoms with Gasteiger partial charge in [0.1, 0.15) is 12.4 Å². The Morgan fingerprint density at radius 2 is 2.03 bits per heavy atom. The summed E-state index contributed by atoms with van der Waals surface area (Å²) in [6.45, 7) is 5.04. The van der Waals surface area contributed by atoms with Crippen LogP contribution in [0, 0.1) is 13.8 Å². The SMILES string of the molecule is Cc1ccc(OCc2csc(C(=O)Nc3cnn(Cc4ccccc4Cl)c3)c2)c(C)c1. The molecule has 2 aromatic heterocycles. The van der Waals surface area contributed by atoms with Crippen molar-refractivity contribution < 1.29 is 9.53 Å². The van der Waals surface area contributed by atoms with E-state index >= 15 is 0 Å². The lowest BCUT2D eigenvalue weighted by molar-refractivity contribution is 0.103. The summed E-state index contributed by atoms with van der Waals surface area (Å²) in [7, 11) is 0. The molecule has 0 aliphatic heterocycles. The number of nitrogens with zero attached hydrogens (tertiary/aromatic N) is 2. The predicted molar refractivity (Wildman–Crippen MR) is 125 cm³/mol. The summed E-state index contributed by atoms with van der Waals surface area (Å²) < 4.78 is 7.65. The van der Waals surface area contributed by atoms with E-state index in [1.165, 1.54) is 16.9 Å². The van der Waals surface area contributed by atoms with Crippen molar-refractivity contribution in [3.8, 4) is 5.75 Å². The summed E-state index contributed by atoms with van der Waals surface area (Å²) in [4.78, 5) is 13.2. The van der Waals surface area contributed by atoms with E-state index in [0.29, 0.717) is 28.7 Å². The van der Waals surface area contributed by atoms with Crippen LogP contribution in [0.25, 0.3) is 0 Å². The van der Waals surface area contributed by atoms with Crippen LogP contribution in [0.1, 0.15) is 31.9 Å². The van der Waals surface area contributed by atoms with Crippen LogP contribution in [0.5, 0.6) is 5.75 Å². The third-order valence-corrected chi connectivity index (χ3v) is 6.13. The Hall–Kier alpha value is -3.09. The number of carbonyl (C=O) groups is 1. The van der Waals surface area contributed by atoms with E-state index in [1.54, 1.807) is 17.1 Å². The molecule has 1 N–H and O–H groups in total. The number of benzene rings is 2. The van der Waals surface area contributed by atoms with E-state index in [0.717, 1.165) is 22.4 Å². The number of anilines is 1. The van der Waals surface area contributed by atoms with E-state index in [-0.39, 0.29) is 5.91 Å². The smallest absolute Gasteiger partial charge is 0.265 e. The van der Waals surface area contributed by atoms with Crippen molar-refractivity contribution in [1.82, 2.24) is 9.78 Å². The molecule has 31 heavy (non-hydrogen) atoms. The quantitative estimate of drug-likeness (QED) is 0.369. The van der Waals surface area contributed by atoms with Gasteiger partial charge in [0.25, 0.3) is 5.91 Å². The van der Waals surface area contributed by atoms with Gasteiger partial charge in [-0.05, 0) is 48.6 Å². The molecule has 7 heteroatoms. The Labute approximate surface area is 190 Å². The van der Waals surface area contributed by atoms with Crippen molar-refractivity contribution in [3.05, 3.63) is 98.5 Å². The first-order valence-corrected chi connectivity index (χ1v) is 11.1. The number of thiophene rings is 1. The van der Waals surface area contributed by atoms with Gasteiger partial charge in [-0.1, -0.05) is 47.5 Å². The number of aromatic nitrogens is 2. The molecule has 2 aromatic carbocycles. The van der Waals surface area contributed by atoms with Crippen LogP contribution in [-0.2, 0) is 13.2 Å². The van der Waals surface area contributed by atoms with Crippen molar-refractivity contribution >= 4 is 34.5 Å². The summed E-state index contributed by atoms with van der Waals surface area (Å²) >= 11 is 7.60. The summed E-state index contributed by atoms with van der Waals surface area (Å²) in [5.41, 5.74) is 4.87. The molecular weight excluding hydrogens is 430 g/mol. The molecule has 0 fully saturated rings. The Morgan fingerprint density at radius 1 is 1.19 bits per heavy atom. The average molecular weight is 452 g/mol. The van der Waals surface area contributed by atoms with Gasteiger partial charge >= 0.3 is 0 Å². The largest absolute Gasteiger partial charge is 0.489 e. The Morgan fingerprint density at radius 3 is 2.84 bits per heavy atom. The highest BCUT2D eigenvalue weighted by atomic mass is 35.5. The molecule has 4 aromatic rings. The molecule has 0 spiro atoms. The van der Waals surface area contributed by atoms with Gasteiger partial charge in [0.05, 0.1) is 23.3 Å². The van der Waals surface area contributed by atoms with Crippen molar-refractivity contribution in [1.29, 1.82) is 0 Å². The number of carbonyl (C=O) groups excluding carboxylic acids is 1. The van der Waals surface area contributed by atoms with Crippen molar-refractivity contribution in [3.63, 3.8) is 0 Å². The van der Waals surface area contributed by atoms with Gasteiger partial charge in [-0.2, -0.15) is 5.10 Å². The zero-order valence-corrected chi connectivity index (χ0v) is 18.8. The maximum absolute atomic E-state index is 12.6. The standard InChI is InChI=1S/C24H22ClN3O2S/c1-16-7-8-22(17(2)9-16)30-14-18-10-23(31-15-18)24(29)27-20-11-26-28(13-20)12-19-5-3-4-6-21(19)25/h3-11,13,15H,12,14H2,1-2H3,(H,27,29). The second-order valence-corrected chi connectivity index (χ2v) is 8.67. The van der Waals surface area contributed by atoms with Crippen LogP contribution in [0.2, 0.25) is 5.02 Å². The van der Waals surface area contributed by atoms with Crippen LogP contribution in [0.3, 0.4) is 0 Å². The van der Waals surface area contributed by atoms with Crippen LogP contribution < -0.4 is 10.1 Å². The average Bonchev–Trinajstić information content (AvgIpc) is 3.39. The molecule has 158 valence electrons. The number of ether oxygens (including phenoxy) is 1.